The van der Waals surface area contributed by atoms with Crippen molar-refractivity contribution in [3.8, 4) is 0 Å². The second-order valence-corrected chi connectivity index (χ2v) is 6.95. The zero-order valence-electron chi connectivity index (χ0n) is 14.1. The summed E-state index contributed by atoms with van der Waals surface area (Å²) in [5, 5.41) is 5.92. The molecule has 0 aliphatic carbocycles. The molecule has 128 valence electrons. The third-order valence-corrected chi connectivity index (χ3v) is 5.55. The number of nitrogens with zero attached hydrogens (tertiary/aromatic N) is 1. The molecular formula is C20H25ClN2O. The lowest BCUT2D eigenvalue weighted by molar-refractivity contribution is -0.135. The van der Waals surface area contributed by atoms with Gasteiger partial charge in [-0.25, -0.2) is 0 Å². The molecule has 0 spiro atoms. The molecule has 1 amide bonds. The average molecular weight is 345 g/mol. The van der Waals surface area contributed by atoms with Gasteiger partial charge >= 0.3 is 0 Å². The number of nitrogens with one attached hydrogen (secondary N) is 1. The van der Waals surface area contributed by atoms with Gasteiger partial charge in [0.25, 0.3) is 0 Å². The van der Waals surface area contributed by atoms with Crippen LogP contribution in [0.5, 0.6) is 0 Å². The Kier molecular flexibility index (Phi) is 5.12. The lowest BCUT2D eigenvalue weighted by Gasteiger charge is -2.30. The zero-order valence-corrected chi connectivity index (χ0v) is 14.9. The van der Waals surface area contributed by atoms with E-state index < -0.39 is 0 Å². The molecule has 2 bridgehead atoms. The molecule has 2 saturated heterocycles. The van der Waals surface area contributed by atoms with E-state index in [0.29, 0.717) is 18.0 Å². The Bertz CT molecular complexity index is 718. The lowest BCUT2D eigenvalue weighted by atomic mass is 9.96. The monoisotopic (exact) mass is 344 g/mol. The second kappa shape index (κ2) is 7.12. The number of hydrogen-bond donors (Lipinski definition) is 1. The first-order chi connectivity index (χ1) is 11.2. The molecule has 2 aliphatic rings. The summed E-state index contributed by atoms with van der Waals surface area (Å²) in [6.45, 7) is 4.05. The number of hydrogen-bond acceptors (Lipinski definition) is 2. The summed E-state index contributed by atoms with van der Waals surface area (Å²) in [6.07, 6.45) is 3.41. The number of amides is 1. The number of benzene rings is 2. The number of carbonyl (C=O) groups is 1. The van der Waals surface area contributed by atoms with Crippen molar-refractivity contribution in [2.45, 2.75) is 44.2 Å². The highest BCUT2D eigenvalue weighted by atomic mass is 35.5. The van der Waals surface area contributed by atoms with Crippen molar-refractivity contribution in [1.29, 1.82) is 0 Å². The fourth-order valence-electron chi connectivity index (χ4n) is 4.19. The minimum absolute atomic E-state index is 0. The molecule has 0 radical (unpaired) electrons. The van der Waals surface area contributed by atoms with Crippen molar-refractivity contribution < 1.29 is 4.79 Å². The normalized spacial score (nSPS) is 24.3. The van der Waals surface area contributed by atoms with E-state index in [-0.39, 0.29) is 18.3 Å². The molecule has 2 fully saturated rings. The van der Waals surface area contributed by atoms with Gasteiger partial charge in [0.2, 0.25) is 5.91 Å². The quantitative estimate of drug-likeness (QED) is 0.900. The van der Waals surface area contributed by atoms with Crippen LogP contribution in [0.3, 0.4) is 0 Å². The van der Waals surface area contributed by atoms with Crippen molar-refractivity contribution in [2.24, 2.45) is 0 Å². The average Bonchev–Trinajstić information content (AvgIpc) is 2.86. The van der Waals surface area contributed by atoms with E-state index in [0.717, 1.165) is 31.5 Å². The first-order valence-corrected chi connectivity index (χ1v) is 8.75. The van der Waals surface area contributed by atoms with Gasteiger partial charge in [-0.2, -0.15) is 0 Å². The van der Waals surface area contributed by atoms with E-state index in [9.17, 15) is 4.79 Å². The van der Waals surface area contributed by atoms with Gasteiger partial charge in [-0.05, 0) is 49.1 Å². The van der Waals surface area contributed by atoms with E-state index in [1.54, 1.807) is 0 Å². The molecule has 4 rings (SSSR count). The largest absolute Gasteiger partial charge is 0.335 e. The minimum Gasteiger partial charge on any atom is -0.335 e. The van der Waals surface area contributed by atoms with Gasteiger partial charge in [0, 0.05) is 18.6 Å². The molecule has 2 aliphatic heterocycles. The first kappa shape index (κ1) is 17.2. The Morgan fingerprint density at radius 2 is 1.83 bits per heavy atom. The van der Waals surface area contributed by atoms with E-state index in [1.165, 1.54) is 17.2 Å². The SMILES string of the molecule is CC(C(=O)N1C2CCNCC1CC2)c1ccc2ccccc2c1.Cl. The van der Waals surface area contributed by atoms with Crippen molar-refractivity contribution >= 4 is 29.1 Å². The smallest absolute Gasteiger partial charge is 0.230 e. The highest BCUT2D eigenvalue weighted by molar-refractivity contribution is 5.88. The predicted molar refractivity (Wildman–Crippen MR) is 101 cm³/mol. The maximum atomic E-state index is 13.1. The van der Waals surface area contributed by atoms with Crippen LogP contribution in [0.2, 0.25) is 0 Å². The van der Waals surface area contributed by atoms with Gasteiger partial charge in [-0.1, -0.05) is 42.5 Å². The molecule has 0 saturated carbocycles. The molecule has 2 heterocycles. The number of carbonyl (C=O) groups excluding carboxylic acids is 1. The molecule has 2 aromatic carbocycles. The first-order valence-electron chi connectivity index (χ1n) is 8.75. The summed E-state index contributed by atoms with van der Waals surface area (Å²) in [7, 11) is 0. The molecule has 4 heteroatoms. The molecule has 3 nitrogen and oxygen atoms in total. The Morgan fingerprint density at radius 1 is 1.08 bits per heavy atom. The van der Waals surface area contributed by atoms with Crippen molar-refractivity contribution in [2.75, 3.05) is 13.1 Å². The van der Waals surface area contributed by atoms with Crippen LogP contribution in [0, 0.1) is 0 Å². The zero-order chi connectivity index (χ0) is 15.8. The van der Waals surface area contributed by atoms with Crippen LogP contribution < -0.4 is 5.32 Å². The van der Waals surface area contributed by atoms with E-state index >= 15 is 0 Å². The van der Waals surface area contributed by atoms with Gasteiger partial charge in [0.15, 0.2) is 0 Å². The Labute approximate surface area is 149 Å². The Morgan fingerprint density at radius 3 is 2.67 bits per heavy atom. The van der Waals surface area contributed by atoms with E-state index in [1.807, 2.05) is 0 Å². The highest BCUT2D eigenvalue weighted by Crippen LogP contribution is 2.32. The van der Waals surface area contributed by atoms with Gasteiger partial charge in [0.05, 0.1) is 5.92 Å². The van der Waals surface area contributed by atoms with Crippen molar-refractivity contribution in [3.63, 3.8) is 0 Å². The summed E-state index contributed by atoms with van der Waals surface area (Å²) in [6, 6.07) is 15.6. The maximum absolute atomic E-state index is 13.1. The van der Waals surface area contributed by atoms with E-state index in [2.05, 4.69) is 59.6 Å². The van der Waals surface area contributed by atoms with Crippen LogP contribution >= 0.6 is 12.4 Å². The van der Waals surface area contributed by atoms with Gasteiger partial charge in [-0.3, -0.25) is 4.79 Å². The molecule has 1 N–H and O–H groups in total. The standard InChI is InChI=1S/C20H24N2O.ClH/c1-14(16-7-6-15-4-2-3-5-17(15)12-16)20(23)22-18-8-9-19(22)13-21-11-10-18;/h2-7,12,14,18-19,21H,8-11,13H2,1H3;1H. The third kappa shape index (κ3) is 3.03. The summed E-state index contributed by atoms with van der Waals surface area (Å²) >= 11 is 0. The minimum atomic E-state index is -0.0687. The third-order valence-electron chi connectivity index (χ3n) is 5.55. The van der Waals surface area contributed by atoms with Gasteiger partial charge in [-0.15, -0.1) is 12.4 Å². The number of fused-ring (bicyclic) bond motifs is 3. The van der Waals surface area contributed by atoms with Crippen molar-refractivity contribution in [3.05, 3.63) is 48.0 Å². The topological polar surface area (TPSA) is 32.3 Å². The molecule has 3 atom stereocenters. The molecule has 2 aromatic rings. The van der Waals surface area contributed by atoms with Gasteiger partial charge in [0.1, 0.15) is 0 Å². The maximum Gasteiger partial charge on any atom is 0.230 e. The highest BCUT2D eigenvalue weighted by Gasteiger charge is 2.39. The van der Waals surface area contributed by atoms with Crippen LogP contribution in [-0.2, 0) is 4.79 Å². The molecule has 3 unspecified atom stereocenters. The lowest BCUT2D eigenvalue weighted by Crippen LogP contribution is -2.44. The van der Waals surface area contributed by atoms with E-state index in [4.69, 9.17) is 0 Å². The summed E-state index contributed by atoms with van der Waals surface area (Å²) in [5.41, 5.74) is 1.13. The second-order valence-electron chi connectivity index (χ2n) is 6.95. The Balaban J connectivity index is 0.00000169. The summed E-state index contributed by atoms with van der Waals surface area (Å²) in [5.74, 6) is 0.234. The van der Waals surface area contributed by atoms with Gasteiger partial charge < -0.3 is 10.2 Å². The van der Waals surface area contributed by atoms with Crippen LogP contribution in [0.15, 0.2) is 42.5 Å². The molecule has 0 aromatic heterocycles. The number of rotatable bonds is 2. The van der Waals surface area contributed by atoms with Crippen LogP contribution in [0.25, 0.3) is 10.8 Å². The fraction of sp³-hybridized carbons (Fsp3) is 0.450. The molecular weight excluding hydrogens is 320 g/mol. The van der Waals surface area contributed by atoms with Crippen molar-refractivity contribution in [1.82, 2.24) is 10.2 Å². The molecule has 24 heavy (non-hydrogen) atoms. The summed E-state index contributed by atoms with van der Waals surface area (Å²) < 4.78 is 0. The van der Waals surface area contributed by atoms with Crippen LogP contribution in [-0.4, -0.2) is 36.0 Å². The number of halogens is 1. The summed E-state index contributed by atoms with van der Waals surface area (Å²) in [4.78, 5) is 15.3. The van der Waals surface area contributed by atoms with Crippen LogP contribution in [0.1, 0.15) is 37.7 Å². The predicted octanol–water partition coefficient (Wildman–Crippen LogP) is 3.72. The van der Waals surface area contributed by atoms with Crippen LogP contribution in [0.4, 0.5) is 0 Å². The Hall–Kier alpha value is -1.58. The fourth-order valence-corrected chi connectivity index (χ4v) is 4.19.